The monoisotopic (exact) mass is 271 g/mol. The summed E-state index contributed by atoms with van der Waals surface area (Å²) in [5.41, 5.74) is 0.992. The van der Waals surface area contributed by atoms with Gasteiger partial charge < -0.3 is 10.6 Å². The Kier molecular flexibility index (Phi) is 2.88. The summed E-state index contributed by atoms with van der Waals surface area (Å²) in [6.45, 7) is 1.87. The molecule has 1 fully saturated rings. The maximum absolute atomic E-state index is 10.5. The van der Waals surface area contributed by atoms with Crippen molar-refractivity contribution in [2.24, 2.45) is 0 Å². The Morgan fingerprint density at radius 3 is 2.73 bits per heavy atom. The Bertz CT molecular complexity index is 393. The third kappa shape index (κ3) is 2.27. The van der Waals surface area contributed by atoms with Gasteiger partial charge in [-0.05, 0) is 22.0 Å². The number of non-ortho nitro benzene ring substituents is 1. The lowest BCUT2D eigenvalue weighted by atomic mass is 10.1. The molecule has 0 aromatic heterocycles. The van der Waals surface area contributed by atoms with Gasteiger partial charge in [0.1, 0.15) is 0 Å². The molecule has 0 saturated carbocycles. The van der Waals surface area contributed by atoms with Gasteiger partial charge in [0.2, 0.25) is 0 Å². The van der Waals surface area contributed by atoms with Crippen molar-refractivity contribution < 1.29 is 4.92 Å². The molecule has 0 unspecified atom stereocenters. The minimum atomic E-state index is -0.403. The van der Waals surface area contributed by atoms with Gasteiger partial charge in [-0.3, -0.25) is 10.1 Å². The lowest BCUT2D eigenvalue weighted by molar-refractivity contribution is -0.384. The van der Waals surface area contributed by atoms with Gasteiger partial charge in [-0.1, -0.05) is 0 Å². The Morgan fingerprint density at radius 2 is 2.27 bits per heavy atom. The number of anilines is 1. The van der Waals surface area contributed by atoms with Gasteiger partial charge in [-0.15, -0.1) is 0 Å². The van der Waals surface area contributed by atoms with Crippen LogP contribution in [0.3, 0.4) is 0 Å². The zero-order valence-corrected chi connectivity index (χ0v) is 9.45. The highest BCUT2D eigenvalue weighted by Crippen LogP contribution is 2.27. The fourth-order valence-electron chi connectivity index (χ4n) is 1.35. The average molecular weight is 272 g/mol. The average Bonchev–Trinajstić information content (AvgIpc) is 2.12. The molecule has 0 spiro atoms. The van der Waals surface area contributed by atoms with E-state index < -0.39 is 4.92 Å². The summed E-state index contributed by atoms with van der Waals surface area (Å²) in [4.78, 5) is 10.1. The molecule has 1 aromatic rings. The summed E-state index contributed by atoms with van der Waals surface area (Å²) in [5.74, 6) is 0. The predicted molar refractivity (Wildman–Crippen MR) is 61.1 cm³/mol. The number of hydrogen-bond donors (Lipinski definition) is 2. The maximum Gasteiger partial charge on any atom is 0.270 e. The van der Waals surface area contributed by atoms with Gasteiger partial charge in [0.15, 0.2) is 0 Å². The number of nitrogens with one attached hydrogen (secondary N) is 2. The minimum absolute atomic E-state index is 0.0964. The molecule has 2 rings (SSSR count). The van der Waals surface area contributed by atoms with Crippen molar-refractivity contribution in [1.29, 1.82) is 0 Å². The van der Waals surface area contributed by atoms with Crippen LogP contribution in [0.5, 0.6) is 0 Å². The first-order valence-corrected chi connectivity index (χ1v) is 5.37. The molecule has 80 valence electrons. The van der Waals surface area contributed by atoms with Crippen molar-refractivity contribution in [3.8, 4) is 0 Å². The van der Waals surface area contributed by atoms with E-state index in [1.54, 1.807) is 6.07 Å². The SMILES string of the molecule is O=[N+]([O-])c1ccc(NC2CNC2)c(Br)c1. The molecule has 0 bridgehead atoms. The summed E-state index contributed by atoms with van der Waals surface area (Å²) in [6.07, 6.45) is 0. The van der Waals surface area contributed by atoms with Crippen LogP contribution in [0.2, 0.25) is 0 Å². The standard InChI is InChI=1S/C9H10BrN3O2/c10-8-3-7(13(14)15)1-2-9(8)12-6-4-11-5-6/h1-3,6,11-12H,4-5H2. The Hall–Kier alpha value is -1.14. The van der Waals surface area contributed by atoms with E-state index in [1.165, 1.54) is 12.1 Å². The second-order valence-electron chi connectivity index (χ2n) is 3.42. The van der Waals surface area contributed by atoms with E-state index in [0.29, 0.717) is 6.04 Å². The van der Waals surface area contributed by atoms with Gasteiger partial charge in [0.05, 0.1) is 11.0 Å². The van der Waals surface area contributed by atoms with Crippen LogP contribution in [-0.4, -0.2) is 24.1 Å². The summed E-state index contributed by atoms with van der Waals surface area (Å²) >= 11 is 3.31. The van der Waals surface area contributed by atoms with E-state index >= 15 is 0 Å². The lowest BCUT2D eigenvalue weighted by Gasteiger charge is -2.29. The smallest absolute Gasteiger partial charge is 0.270 e. The van der Waals surface area contributed by atoms with Gasteiger partial charge in [0.25, 0.3) is 5.69 Å². The van der Waals surface area contributed by atoms with E-state index in [9.17, 15) is 10.1 Å². The molecule has 1 saturated heterocycles. The van der Waals surface area contributed by atoms with Gasteiger partial charge in [-0.2, -0.15) is 0 Å². The van der Waals surface area contributed by atoms with Crippen molar-refractivity contribution in [3.05, 3.63) is 32.8 Å². The largest absolute Gasteiger partial charge is 0.379 e. The van der Waals surface area contributed by atoms with Crippen LogP contribution < -0.4 is 10.6 Å². The molecule has 1 aromatic carbocycles. The van der Waals surface area contributed by atoms with Crippen LogP contribution in [0.4, 0.5) is 11.4 Å². The summed E-state index contributed by atoms with van der Waals surface area (Å²) in [7, 11) is 0. The fourth-order valence-corrected chi connectivity index (χ4v) is 1.83. The van der Waals surface area contributed by atoms with Crippen molar-refractivity contribution in [2.45, 2.75) is 6.04 Å². The van der Waals surface area contributed by atoms with Crippen LogP contribution in [0.15, 0.2) is 22.7 Å². The molecule has 1 aliphatic rings. The molecular weight excluding hydrogens is 262 g/mol. The molecular formula is C9H10BrN3O2. The lowest BCUT2D eigenvalue weighted by Crippen LogP contribution is -2.51. The molecule has 0 radical (unpaired) electrons. The molecule has 0 atom stereocenters. The molecule has 5 nitrogen and oxygen atoms in total. The van der Waals surface area contributed by atoms with Gasteiger partial charge in [0, 0.05) is 35.4 Å². The highest BCUT2D eigenvalue weighted by Gasteiger charge is 2.17. The molecule has 1 heterocycles. The van der Waals surface area contributed by atoms with E-state index in [0.717, 1.165) is 23.2 Å². The van der Waals surface area contributed by atoms with Crippen LogP contribution in [0, 0.1) is 10.1 Å². The van der Waals surface area contributed by atoms with E-state index in [2.05, 4.69) is 26.6 Å². The normalized spacial score (nSPS) is 15.8. The zero-order valence-electron chi connectivity index (χ0n) is 7.87. The Labute approximate surface area is 95.1 Å². The van der Waals surface area contributed by atoms with Crippen LogP contribution in [0.25, 0.3) is 0 Å². The first-order chi connectivity index (χ1) is 7.16. The summed E-state index contributed by atoms with van der Waals surface area (Å²) < 4.78 is 0.726. The second kappa shape index (κ2) is 4.16. The Balaban J connectivity index is 2.14. The van der Waals surface area contributed by atoms with E-state index in [4.69, 9.17) is 0 Å². The van der Waals surface area contributed by atoms with Crippen molar-refractivity contribution in [1.82, 2.24) is 5.32 Å². The van der Waals surface area contributed by atoms with Crippen molar-refractivity contribution in [3.63, 3.8) is 0 Å². The zero-order chi connectivity index (χ0) is 10.8. The number of halogens is 1. The highest BCUT2D eigenvalue weighted by molar-refractivity contribution is 9.10. The quantitative estimate of drug-likeness (QED) is 0.649. The maximum atomic E-state index is 10.5. The first kappa shape index (κ1) is 10.4. The minimum Gasteiger partial charge on any atom is -0.379 e. The topological polar surface area (TPSA) is 67.2 Å². The Morgan fingerprint density at radius 1 is 1.53 bits per heavy atom. The number of nitro groups is 1. The number of benzene rings is 1. The molecule has 0 aliphatic carbocycles. The molecule has 1 aliphatic heterocycles. The van der Waals surface area contributed by atoms with Crippen LogP contribution in [0.1, 0.15) is 0 Å². The molecule has 2 N–H and O–H groups in total. The first-order valence-electron chi connectivity index (χ1n) is 4.58. The number of nitrogens with zero attached hydrogens (tertiary/aromatic N) is 1. The van der Waals surface area contributed by atoms with Crippen molar-refractivity contribution in [2.75, 3.05) is 18.4 Å². The summed E-state index contributed by atoms with van der Waals surface area (Å²) in [6, 6.07) is 5.15. The third-order valence-corrected chi connectivity index (χ3v) is 2.96. The fraction of sp³-hybridized carbons (Fsp3) is 0.333. The molecule has 15 heavy (non-hydrogen) atoms. The molecule has 6 heteroatoms. The number of rotatable bonds is 3. The number of hydrogen-bond acceptors (Lipinski definition) is 4. The summed E-state index contributed by atoms with van der Waals surface area (Å²) in [5, 5.41) is 16.9. The van der Waals surface area contributed by atoms with Crippen LogP contribution in [-0.2, 0) is 0 Å². The second-order valence-corrected chi connectivity index (χ2v) is 4.28. The predicted octanol–water partition coefficient (Wildman–Crippen LogP) is 1.74. The van der Waals surface area contributed by atoms with Gasteiger partial charge >= 0.3 is 0 Å². The highest BCUT2D eigenvalue weighted by atomic mass is 79.9. The van der Waals surface area contributed by atoms with Gasteiger partial charge in [-0.25, -0.2) is 0 Å². The number of nitro benzene ring substituents is 1. The molecule has 0 amide bonds. The van der Waals surface area contributed by atoms with E-state index in [1.807, 2.05) is 0 Å². The van der Waals surface area contributed by atoms with Crippen molar-refractivity contribution >= 4 is 27.3 Å². The van der Waals surface area contributed by atoms with Crippen LogP contribution >= 0.6 is 15.9 Å². The third-order valence-electron chi connectivity index (χ3n) is 2.30. The van der Waals surface area contributed by atoms with E-state index in [-0.39, 0.29) is 5.69 Å².